The van der Waals surface area contributed by atoms with Gasteiger partial charge in [-0.3, -0.25) is 9.59 Å². The highest BCUT2D eigenvalue weighted by atomic mass is 35.5. The number of hydrogen-bond acceptors (Lipinski definition) is 5. The zero-order valence-electron chi connectivity index (χ0n) is 23.9. The van der Waals surface area contributed by atoms with Crippen LogP contribution in [-0.4, -0.2) is 62.0 Å². The number of carbonyl (C=O) groups is 2. The summed E-state index contributed by atoms with van der Waals surface area (Å²) >= 11 is 0. The van der Waals surface area contributed by atoms with Crippen LogP contribution in [0.4, 0.5) is 0 Å². The van der Waals surface area contributed by atoms with E-state index in [4.69, 9.17) is 9.47 Å². The summed E-state index contributed by atoms with van der Waals surface area (Å²) in [6.07, 6.45) is 7.83. The standard InChI is InChI=1S/C32H43N3O4.ClH/c1-38-26-13-11-24(12-14-26)23-35-22-18-32(31(35)37)16-20-34(21-17-32)19-15-28(27-9-5-6-10-29(27)39-2)33-30(36)25-7-3-4-8-25;/h5-6,9-14,25,28H,3-4,7-8,15-23H2,1-2H3,(H,33,36);1H. The van der Waals surface area contributed by atoms with E-state index in [0.29, 0.717) is 12.5 Å². The fraction of sp³-hybridized carbons (Fsp3) is 0.562. The predicted octanol–water partition coefficient (Wildman–Crippen LogP) is 5.38. The van der Waals surface area contributed by atoms with E-state index >= 15 is 0 Å². The molecule has 2 heterocycles. The summed E-state index contributed by atoms with van der Waals surface area (Å²) in [5.74, 6) is 2.27. The fourth-order valence-corrected chi connectivity index (χ4v) is 6.71. The maximum absolute atomic E-state index is 13.5. The number of likely N-dealkylation sites (tertiary alicyclic amines) is 2. The van der Waals surface area contributed by atoms with E-state index in [1.165, 1.54) is 0 Å². The van der Waals surface area contributed by atoms with Gasteiger partial charge in [-0.25, -0.2) is 0 Å². The first-order valence-electron chi connectivity index (χ1n) is 14.6. The molecule has 1 N–H and O–H groups in total. The number of nitrogens with one attached hydrogen (secondary N) is 1. The number of nitrogens with zero attached hydrogens (tertiary/aromatic N) is 2. The Morgan fingerprint density at radius 1 is 0.975 bits per heavy atom. The minimum Gasteiger partial charge on any atom is -0.497 e. The zero-order valence-corrected chi connectivity index (χ0v) is 24.7. The molecule has 7 nitrogen and oxygen atoms in total. The van der Waals surface area contributed by atoms with E-state index in [0.717, 1.165) is 100 Å². The Kier molecular flexibility index (Phi) is 10.4. The molecule has 0 aromatic heterocycles. The van der Waals surface area contributed by atoms with Crippen molar-refractivity contribution in [3.8, 4) is 11.5 Å². The van der Waals surface area contributed by atoms with Crippen LogP contribution in [0.3, 0.4) is 0 Å². The molecule has 2 aromatic carbocycles. The van der Waals surface area contributed by atoms with Gasteiger partial charge in [0.15, 0.2) is 0 Å². The number of piperidine rings is 1. The molecule has 2 aliphatic heterocycles. The fourth-order valence-electron chi connectivity index (χ4n) is 6.71. The molecule has 40 heavy (non-hydrogen) atoms. The summed E-state index contributed by atoms with van der Waals surface area (Å²) in [7, 11) is 3.36. The molecule has 3 fully saturated rings. The summed E-state index contributed by atoms with van der Waals surface area (Å²) in [5, 5.41) is 3.37. The molecule has 2 saturated heterocycles. The molecule has 5 rings (SSSR count). The third-order valence-corrected chi connectivity index (χ3v) is 9.24. The Bertz CT molecular complexity index is 1130. The molecular weight excluding hydrogens is 526 g/mol. The molecule has 1 atom stereocenters. The second kappa shape index (κ2) is 13.7. The van der Waals surface area contributed by atoms with Gasteiger partial charge >= 0.3 is 0 Å². The molecule has 2 amide bonds. The van der Waals surface area contributed by atoms with Crippen molar-refractivity contribution in [1.82, 2.24) is 15.1 Å². The van der Waals surface area contributed by atoms with Crippen molar-refractivity contribution in [3.63, 3.8) is 0 Å². The van der Waals surface area contributed by atoms with E-state index in [1.54, 1.807) is 14.2 Å². The summed E-state index contributed by atoms with van der Waals surface area (Å²) in [5.41, 5.74) is 1.96. The van der Waals surface area contributed by atoms with Crippen LogP contribution in [0.1, 0.15) is 68.5 Å². The number of ether oxygens (including phenoxy) is 2. The highest BCUT2D eigenvalue weighted by molar-refractivity contribution is 5.85. The van der Waals surface area contributed by atoms with Crippen molar-refractivity contribution in [2.75, 3.05) is 40.4 Å². The highest BCUT2D eigenvalue weighted by Crippen LogP contribution is 2.42. The van der Waals surface area contributed by atoms with Gasteiger partial charge in [0.2, 0.25) is 11.8 Å². The number of methoxy groups -OCH3 is 2. The Morgan fingerprint density at radius 2 is 1.65 bits per heavy atom. The first kappa shape index (κ1) is 30.2. The van der Waals surface area contributed by atoms with E-state index in [-0.39, 0.29) is 35.7 Å². The second-order valence-corrected chi connectivity index (χ2v) is 11.5. The van der Waals surface area contributed by atoms with Gasteiger partial charge in [-0.2, -0.15) is 0 Å². The number of para-hydroxylation sites is 1. The largest absolute Gasteiger partial charge is 0.497 e. The van der Waals surface area contributed by atoms with Gasteiger partial charge < -0.3 is 24.6 Å². The molecule has 1 spiro atoms. The first-order chi connectivity index (χ1) is 19.0. The average Bonchev–Trinajstić information content (AvgIpc) is 3.62. The maximum Gasteiger partial charge on any atom is 0.229 e. The Hall–Kier alpha value is -2.77. The third kappa shape index (κ3) is 6.74. The molecule has 8 heteroatoms. The molecule has 2 aromatic rings. The van der Waals surface area contributed by atoms with Crippen molar-refractivity contribution in [2.24, 2.45) is 11.3 Å². The predicted molar refractivity (Wildman–Crippen MR) is 159 cm³/mol. The Morgan fingerprint density at radius 3 is 2.33 bits per heavy atom. The van der Waals surface area contributed by atoms with Gasteiger partial charge in [0.25, 0.3) is 0 Å². The topological polar surface area (TPSA) is 71.1 Å². The van der Waals surface area contributed by atoms with E-state index in [1.807, 2.05) is 47.4 Å². The van der Waals surface area contributed by atoms with Gasteiger partial charge in [0, 0.05) is 31.1 Å². The molecule has 1 aliphatic carbocycles. The second-order valence-electron chi connectivity index (χ2n) is 11.5. The molecular formula is C32H44ClN3O4. The van der Waals surface area contributed by atoms with Crippen LogP contribution >= 0.6 is 12.4 Å². The number of amides is 2. The van der Waals surface area contributed by atoms with Crippen LogP contribution in [0.15, 0.2) is 48.5 Å². The zero-order chi connectivity index (χ0) is 27.2. The lowest BCUT2D eigenvalue weighted by Gasteiger charge is -2.38. The monoisotopic (exact) mass is 569 g/mol. The molecule has 0 radical (unpaired) electrons. The van der Waals surface area contributed by atoms with E-state index in [2.05, 4.69) is 16.3 Å². The number of rotatable bonds is 10. The highest BCUT2D eigenvalue weighted by Gasteiger charge is 2.47. The first-order valence-corrected chi connectivity index (χ1v) is 14.6. The molecule has 1 saturated carbocycles. The Labute approximate surface area is 245 Å². The number of benzene rings is 2. The van der Waals surface area contributed by atoms with Crippen LogP contribution in [0.2, 0.25) is 0 Å². The van der Waals surface area contributed by atoms with Crippen molar-refractivity contribution >= 4 is 24.2 Å². The maximum atomic E-state index is 13.5. The SMILES string of the molecule is COc1ccc(CN2CCC3(CCN(CCC(NC(=O)C4CCCC4)c4ccccc4OC)CC3)C2=O)cc1.Cl. The van der Waals surface area contributed by atoms with Crippen LogP contribution in [0.25, 0.3) is 0 Å². The molecule has 3 aliphatic rings. The normalized spacial score (nSPS) is 19.9. The van der Waals surface area contributed by atoms with Crippen molar-refractivity contribution in [3.05, 3.63) is 59.7 Å². The van der Waals surface area contributed by atoms with Gasteiger partial charge in [-0.15, -0.1) is 12.4 Å². The average molecular weight is 570 g/mol. The Balaban J connectivity index is 0.00000370. The van der Waals surface area contributed by atoms with Crippen LogP contribution in [0.5, 0.6) is 11.5 Å². The van der Waals surface area contributed by atoms with Crippen LogP contribution in [-0.2, 0) is 16.1 Å². The van der Waals surface area contributed by atoms with Crippen molar-refractivity contribution < 1.29 is 19.1 Å². The smallest absolute Gasteiger partial charge is 0.229 e. The quantitative estimate of drug-likeness (QED) is 0.416. The number of carbonyl (C=O) groups excluding carboxylic acids is 2. The lowest BCUT2D eigenvalue weighted by molar-refractivity contribution is -0.139. The molecule has 218 valence electrons. The van der Waals surface area contributed by atoms with Crippen molar-refractivity contribution in [1.29, 1.82) is 0 Å². The number of hydrogen-bond donors (Lipinski definition) is 1. The van der Waals surface area contributed by atoms with Gasteiger partial charge in [0.05, 0.1) is 25.7 Å². The lowest BCUT2D eigenvalue weighted by atomic mass is 9.77. The summed E-state index contributed by atoms with van der Waals surface area (Å²) < 4.78 is 10.9. The lowest BCUT2D eigenvalue weighted by Crippen LogP contribution is -2.45. The molecule has 1 unspecified atom stereocenters. The summed E-state index contributed by atoms with van der Waals surface area (Å²) in [4.78, 5) is 31.1. The summed E-state index contributed by atoms with van der Waals surface area (Å²) in [6, 6.07) is 15.9. The van der Waals surface area contributed by atoms with Crippen LogP contribution in [0, 0.1) is 11.3 Å². The molecule has 0 bridgehead atoms. The van der Waals surface area contributed by atoms with Gasteiger partial charge in [-0.1, -0.05) is 43.2 Å². The third-order valence-electron chi connectivity index (χ3n) is 9.24. The number of halogens is 1. The van der Waals surface area contributed by atoms with E-state index in [9.17, 15) is 9.59 Å². The van der Waals surface area contributed by atoms with Crippen LogP contribution < -0.4 is 14.8 Å². The summed E-state index contributed by atoms with van der Waals surface area (Å²) in [6.45, 7) is 4.20. The van der Waals surface area contributed by atoms with Crippen molar-refractivity contribution in [2.45, 2.75) is 64.0 Å². The van der Waals surface area contributed by atoms with Gasteiger partial charge in [0.1, 0.15) is 11.5 Å². The van der Waals surface area contributed by atoms with E-state index < -0.39 is 0 Å². The minimum absolute atomic E-state index is 0. The van der Waals surface area contributed by atoms with Gasteiger partial charge in [-0.05, 0) is 75.4 Å². The minimum atomic E-state index is -0.221.